The van der Waals surface area contributed by atoms with E-state index in [4.69, 9.17) is 14.2 Å². The molecule has 0 bridgehead atoms. The molecule has 1 atom stereocenters. The lowest BCUT2D eigenvalue weighted by Crippen LogP contribution is -2.12. The molecule has 3 nitrogen and oxygen atoms in total. The highest BCUT2D eigenvalue weighted by Gasteiger charge is 1.98. The first-order chi connectivity index (χ1) is 14.8. The van der Waals surface area contributed by atoms with E-state index in [9.17, 15) is 0 Å². The van der Waals surface area contributed by atoms with Crippen molar-refractivity contribution < 1.29 is 14.2 Å². The Morgan fingerprint density at radius 2 is 1.10 bits per heavy atom. The summed E-state index contributed by atoms with van der Waals surface area (Å²) in [4.78, 5) is 0. The van der Waals surface area contributed by atoms with Crippen LogP contribution in [0.15, 0.2) is 30.3 Å². The molecule has 0 aliphatic carbocycles. The van der Waals surface area contributed by atoms with Crippen LogP contribution in [0.5, 0.6) is 5.75 Å². The summed E-state index contributed by atoms with van der Waals surface area (Å²) in [7, 11) is 0. The van der Waals surface area contributed by atoms with Crippen LogP contribution in [0.25, 0.3) is 0 Å². The van der Waals surface area contributed by atoms with Gasteiger partial charge in [0.05, 0.1) is 25.9 Å². The topological polar surface area (TPSA) is 27.7 Å². The highest BCUT2D eigenvalue weighted by atomic mass is 16.5. The fraction of sp³-hybridized carbons (Fsp3) is 0.778. The lowest BCUT2D eigenvalue weighted by atomic mass is 10.0. The van der Waals surface area contributed by atoms with Gasteiger partial charge >= 0.3 is 0 Å². The Labute approximate surface area is 186 Å². The normalized spacial score (nSPS) is 12.2. The Morgan fingerprint density at radius 1 is 0.600 bits per heavy atom. The van der Waals surface area contributed by atoms with Crippen LogP contribution in [0.1, 0.15) is 104 Å². The minimum Gasteiger partial charge on any atom is -0.494 e. The van der Waals surface area contributed by atoms with Gasteiger partial charge in [-0.15, -0.1) is 0 Å². The Kier molecular flexibility index (Phi) is 19.0. The molecule has 0 heterocycles. The highest BCUT2D eigenvalue weighted by Crippen LogP contribution is 2.13. The zero-order valence-corrected chi connectivity index (χ0v) is 19.9. The van der Waals surface area contributed by atoms with Crippen LogP contribution in [0, 0.1) is 0 Å². The van der Waals surface area contributed by atoms with Gasteiger partial charge in [-0.1, -0.05) is 95.8 Å². The molecule has 0 radical (unpaired) electrons. The molecule has 1 rings (SSSR count). The minimum absolute atomic E-state index is 0.360. The lowest BCUT2D eigenvalue weighted by molar-refractivity contribution is 0.0103. The zero-order chi connectivity index (χ0) is 21.5. The van der Waals surface area contributed by atoms with Crippen LogP contribution in [0.4, 0.5) is 0 Å². The van der Waals surface area contributed by atoms with Gasteiger partial charge in [0.25, 0.3) is 0 Å². The van der Waals surface area contributed by atoms with Crippen LogP contribution >= 0.6 is 0 Å². The predicted octanol–water partition coefficient (Wildman–Crippen LogP) is 7.97. The average molecular weight is 421 g/mol. The summed E-state index contributed by atoms with van der Waals surface area (Å²) >= 11 is 0. The monoisotopic (exact) mass is 420 g/mol. The standard InChI is InChI=1S/C27H48O3/c1-3-26(2)29-25-24-28-22-18-13-11-9-7-5-4-6-8-10-12-14-19-23-30-27-20-16-15-17-21-27/h15-17,20-21,26H,3-14,18-19,22-25H2,1-2H3. The molecule has 0 N–H and O–H groups in total. The SMILES string of the molecule is CCC(C)OCCOCCCCCCCCCCCCCCCOc1ccccc1. The largest absolute Gasteiger partial charge is 0.494 e. The van der Waals surface area contributed by atoms with Gasteiger partial charge in [-0.2, -0.15) is 0 Å². The number of benzene rings is 1. The van der Waals surface area contributed by atoms with Gasteiger partial charge < -0.3 is 14.2 Å². The van der Waals surface area contributed by atoms with Crippen LogP contribution in [-0.4, -0.2) is 32.5 Å². The van der Waals surface area contributed by atoms with Crippen molar-refractivity contribution in [3.63, 3.8) is 0 Å². The predicted molar refractivity (Wildman–Crippen MR) is 128 cm³/mol. The summed E-state index contributed by atoms with van der Waals surface area (Å²) in [5.41, 5.74) is 0. The number of hydrogen-bond acceptors (Lipinski definition) is 3. The van der Waals surface area contributed by atoms with Gasteiger partial charge in [0.15, 0.2) is 0 Å². The molecule has 0 saturated carbocycles. The van der Waals surface area contributed by atoms with Gasteiger partial charge in [0, 0.05) is 6.61 Å². The number of unbranched alkanes of at least 4 members (excludes halogenated alkanes) is 12. The van der Waals surface area contributed by atoms with Crippen molar-refractivity contribution in [2.75, 3.05) is 26.4 Å². The second kappa shape index (κ2) is 21.2. The molecular formula is C27H48O3. The van der Waals surface area contributed by atoms with E-state index in [0.29, 0.717) is 6.10 Å². The van der Waals surface area contributed by atoms with E-state index in [1.54, 1.807) is 0 Å². The molecule has 174 valence electrons. The third-order valence-electron chi connectivity index (χ3n) is 5.65. The van der Waals surface area contributed by atoms with E-state index in [-0.39, 0.29) is 0 Å². The molecular weight excluding hydrogens is 372 g/mol. The number of ether oxygens (including phenoxy) is 3. The fourth-order valence-electron chi connectivity index (χ4n) is 3.49. The van der Waals surface area contributed by atoms with Gasteiger partial charge in [-0.05, 0) is 38.3 Å². The fourth-order valence-corrected chi connectivity index (χ4v) is 3.49. The summed E-state index contributed by atoms with van der Waals surface area (Å²) in [5.74, 6) is 0.994. The van der Waals surface area contributed by atoms with Gasteiger partial charge in [0.2, 0.25) is 0 Å². The maximum atomic E-state index is 5.73. The Balaban J connectivity index is 1.67. The summed E-state index contributed by atoms with van der Waals surface area (Å²) in [6.45, 7) is 7.48. The van der Waals surface area contributed by atoms with Gasteiger partial charge in [-0.25, -0.2) is 0 Å². The third-order valence-corrected chi connectivity index (χ3v) is 5.65. The Bertz CT molecular complexity index is 449. The maximum absolute atomic E-state index is 5.73. The van der Waals surface area contributed by atoms with Crippen molar-refractivity contribution in [3.05, 3.63) is 30.3 Å². The molecule has 3 heteroatoms. The van der Waals surface area contributed by atoms with Crippen LogP contribution in [0.3, 0.4) is 0 Å². The molecule has 1 unspecified atom stereocenters. The van der Waals surface area contributed by atoms with E-state index in [0.717, 1.165) is 38.6 Å². The summed E-state index contributed by atoms with van der Waals surface area (Å²) in [6.07, 6.45) is 18.9. The molecule has 0 aliphatic heterocycles. The van der Waals surface area contributed by atoms with Crippen molar-refractivity contribution in [2.24, 2.45) is 0 Å². The van der Waals surface area contributed by atoms with Gasteiger partial charge in [0.1, 0.15) is 5.75 Å². The summed E-state index contributed by atoms with van der Waals surface area (Å²) in [6, 6.07) is 10.1. The molecule has 1 aromatic carbocycles. The van der Waals surface area contributed by atoms with E-state index in [2.05, 4.69) is 13.8 Å². The smallest absolute Gasteiger partial charge is 0.119 e. The van der Waals surface area contributed by atoms with Crippen molar-refractivity contribution in [3.8, 4) is 5.75 Å². The van der Waals surface area contributed by atoms with E-state index < -0.39 is 0 Å². The average Bonchev–Trinajstić information content (AvgIpc) is 2.78. The second-order valence-corrected chi connectivity index (χ2v) is 8.46. The van der Waals surface area contributed by atoms with E-state index >= 15 is 0 Å². The van der Waals surface area contributed by atoms with E-state index in [1.807, 2.05) is 30.3 Å². The maximum Gasteiger partial charge on any atom is 0.119 e. The Hall–Kier alpha value is -1.06. The van der Waals surface area contributed by atoms with Gasteiger partial charge in [-0.3, -0.25) is 0 Å². The van der Waals surface area contributed by atoms with E-state index in [1.165, 1.54) is 83.5 Å². The quantitative estimate of drug-likeness (QED) is 0.178. The minimum atomic E-state index is 0.360. The highest BCUT2D eigenvalue weighted by molar-refractivity contribution is 5.20. The second-order valence-electron chi connectivity index (χ2n) is 8.46. The molecule has 0 fully saturated rings. The number of para-hydroxylation sites is 1. The lowest BCUT2D eigenvalue weighted by Gasteiger charge is -2.10. The van der Waals surface area contributed by atoms with Crippen LogP contribution in [-0.2, 0) is 9.47 Å². The first kappa shape index (κ1) is 27.0. The van der Waals surface area contributed by atoms with Crippen LogP contribution < -0.4 is 4.74 Å². The van der Waals surface area contributed by atoms with Crippen molar-refractivity contribution >= 4 is 0 Å². The number of rotatable bonds is 22. The molecule has 0 spiro atoms. The summed E-state index contributed by atoms with van der Waals surface area (Å²) < 4.78 is 17.0. The van der Waals surface area contributed by atoms with Crippen LogP contribution in [0.2, 0.25) is 0 Å². The van der Waals surface area contributed by atoms with Crippen molar-refractivity contribution in [2.45, 2.75) is 110 Å². The van der Waals surface area contributed by atoms with Crippen molar-refractivity contribution in [1.29, 1.82) is 0 Å². The number of hydrogen-bond donors (Lipinski definition) is 0. The molecule has 0 aliphatic rings. The first-order valence-electron chi connectivity index (χ1n) is 12.7. The molecule has 0 amide bonds. The molecule has 30 heavy (non-hydrogen) atoms. The Morgan fingerprint density at radius 3 is 1.63 bits per heavy atom. The first-order valence-corrected chi connectivity index (χ1v) is 12.7. The molecule has 1 aromatic rings. The third kappa shape index (κ3) is 17.8. The molecule has 0 aromatic heterocycles. The zero-order valence-electron chi connectivity index (χ0n) is 19.9. The molecule has 0 saturated heterocycles. The van der Waals surface area contributed by atoms with Crippen molar-refractivity contribution in [1.82, 2.24) is 0 Å². The summed E-state index contributed by atoms with van der Waals surface area (Å²) in [5, 5.41) is 0.